The molecule has 6 heteroatoms. The van der Waals surface area contributed by atoms with Crippen molar-refractivity contribution < 1.29 is 19.4 Å². The molecule has 1 aromatic rings. The standard InChI is InChI=1S/C45H66N2O4/c1-30-26-41-43(47(29-30)25-11-15-35(48)14-9-6-10-24-46-42(50)19-16-33-12-7-5-8-13-33)32(3)45(51-41)23-21-37-38-18-17-34-27-36(49)20-22-44(34,4)40(38)28-39(37)31(45)2/h5,7-8,12-13,17,30,32,36-38,40-41,43,49H,6,9-11,14-16,18-29H2,1-4H3,(H,46,50)/t30-,32+,36-,37-,38-,40-,41+,43-,44-,45-/m0/s1. The number of hydrogen-bond donors (Lipinski definition) is 2. The number of ether oxygens (including phenoxy) is 1. The van der Waals surface area contributed by atoms with Gasteiger partial charge in [-0.05, 0) is 131 Å². The summed E-state index contributed by atoms with van der Waals surface area (Å²) in [7, 11) is 0. The maximum atomic E-state index is 12.9. The number of piperidine rings is 1. The Hall–Kier alpha value is -2.28. The van der Waals surface area contributed by atoms with E-state index in [1.165, 1.54) is 24.8 Å². The van der Waals surface area contributed by atoms with Gasteiger partial charge in [-0.1, -0.05) is 74.7 Å². The lowest BCUT2D eigenvalue weighted by molar-refractivity contribution is -0.121. The number of aryl methyl sites for hydroxylation is 1. The summed E-state index contributed by atoms with van der Waals surface area (Å²) in [6, 6.07) is 10.6. The molecule has 2 saturated carbocycles. The van der Waals surface area contributed by atoms with Crippen molar-refractivity contribution in [2.75, 3.05) is 19.6 Å². The number of Topliss-reactive ketones (excluding diaryl/α,β-unsaturated/α-hetero) is 1. The molecular formula is C45H66N2O4. The summed E-state index contributed by atoms with van der Waals surface area (Å²) < 4.78 is 7.35. The average molecular weight is 699 g/mol. The summed E-state index contributed by atoms with van der Waals surface area (Å²) in [5.74, 6) is 3.71. The first-order chi connectivity index (χ1) is 24.6. The lowest BCUT2D eigenvalue weighted by atomic mass is 9.56. The highest BCUT2D eigenvalue weighted by Gasteiger charge is 2.61. The van der Waals surface area contributed by atoms with E-state index < -0.39 is 0 Å². The van der Waals surface area contributed by atoms with E-state index in [9.17, 15) is 14.7 Å². The molecule has 0 aromatic heterocycles. The van der Waals surface area contributed by atoms with E-state index in [0.29, 0.717) is 61.3 Å². The lowest BCUT2D eigenvalue weighted by Crippen LogP contribution is -2.52. The highest BCUT2D eigenvalue weighted by atomic mass is 16.5. The van der Waals surface area contributed by atoms with Crippen LogP contribution in [-0.4, -0.2) is 65.2 Å². The van der Waals surface area contributed by atoms with Gasteiger partial charge in [-0.25, -0.2) is 0 Å². The number of unbranched alkanes of at least 4 members (excludes halogenated alkanes) is 2. The van der Waals surface area contributed by atoms with Crippen LogP contribution in [0.3, 0.4) is 0 Å². The minimum Gasteiger partial charge on any atom is -0.393 e. The molecule has 2 heterocycles. The van der Waals surface area contributed by atoms with E-state index in [0.717, 1.165) is 83.2 Å². The minimum absolute atomic E-state index is 0.111. The van der Waals surface area contributed by atoms with E-state index in [1.807, 2.05) is 18.2 Å². The first-order valence-electron chi connectivity index (χ1n) is 20.9. The van der Waals surface area contributed by atoms with Gasteiger partial charge in [0.1, 0.15) is 5.78 Å². The fourth-order valence-electron chi connectivity index (χ4n) is 12.2. The van der Waals surface area contributed by atoms with Crippen LogP contribution in [0.5, 0.6) is 0 Å². The molecule has 2 saturated heterocycles. The molecule has 6 aliphatic rings. The summed E-state index contributed by atoms with van der Waals surface area (Å²) in [4.78, 5) is 27.8. The van der Waals surface area contributed by atoms with Crippen molar-refractivity contribution in [3.63, 3.8) is 0 Å². The molecule has 4 fully saturated rings. The number of nitrogens with one attached hydrogen (secondary N) is 1. The van der Waals surface area contributed by atoms with E-state index >= 15 is 0 Å². The molecule has 2 N–H and O–H groups in total. The van der Waals surface area contributed by atoms with Gasteiger partial charge < -0.3 is 15.2 Å². The van der Waals surface area contributed by atoms with Gasteiger partial charge in [0.25, 0.3) is 0 Å². The van der Waals surface area contributed by atoms with Gasteiger partial charge in [-0.2, -0.15) is 0 Å². The number of carbonyl (C=O) groups is 2. The van der Waals surface area contributed by atoms with Gasteiger partial charge in [0.15, 0.2) is 0 Å². The molecule has 51 heavy (non-hydrogen) atoms. The van der Waals surface area contributed by atoms with Gasteiger partial charge in [0.2, 0.25) is 5.91 Å². The maximum Gasteiger partial charge on any atom is 0.220 e. The smallest absolute Gasteiger partial charge is 0.220 e. The highest BCUT2D eigenvalue weighted by molar-refractivity contribution is 5.78. The van der Waals surface area contributed by atoms with Crippen molar-refractivity contribution in [1.82, 2.24) is 10.2 Å². The van der Waals surface area contributed by atoms with Crippen molar-refractivity contribution in [1.29, 1.82) is 0 Å². The van der Waals surface area contributed by atoms with Gasteiger partial charge in [0.05, 0.1) is 17.8 Å². The Morgan fingerprint density at radius 2 is 1.80 bits per heavy atom. The Kier molecular flexibility index (Phi) is 11.3. The zero-order chi connectivity index (χ0) is 35.8. The molecule has 2 aliphatic heterocycles. The Morgan fingerprint density at radius 1 is 1.00 bits per heavy atom. The van der Waals surface area contributed by atoms with Crippen LogP contribution in [0.2, 0.25) is 0 Å². The Balaban J connectivity index is 0.879. The molecule has 6 nitrogen and oxygen atoms in total. The van der Waals surface area contributed by atoms with Crippen LogP contribution in [0.25, 0.3) is 0 Å². The lowest BCUT2D eigenvalue weighted by Gasteiger charge is -2.49. The van der Waals surface area contributed by atoms with Gasteiger partial charge in [-0.3, -0.25) is 14.5 Å². The number of carbonyl (C=O) groups excluding carboxylic acids is 2. The van der Waals surface area contributed by atoms with Crippen LogP contribution in [0, 0.1) is 35.0 Å². The number of aliphatic hydroxyl groups is 1. The summed E-state index contributed by atoms with van der Waals surface area (Å²) in [6.45, 7) is 12.6. The second-order valence-corrected chi connectivity index (χ2v) is 18.0. The Morgan fingerprint density at radius 3 is 2.63 bits per heavy atom. The summed E-state index contributed by atoms with van der Waals surface area (Å²) in [5.41, 5.74) is 6.16. The maximum absolute atomic E-state index is 12.9. The Bertz CT molecular complexity index is 1470. The molecule has 7 rings (SSSR count). The monoisotopic (exact) mass is 699 g/mol. The van der Waals surface area contributed by atoms with Crippen LogP contribution in [0.4, 0.5) is 0 Å². The quantitative estimate of drug-likeness (QED) is 0.160. The largest absolute Gasteiger partial charge is 0.393 e. The summed E-state index contributed by atoms with van der Waals surface area (Å²) >= 11 is 0. The third kappa shape index (κ3) is 7.45. The number of ketones is 1. The zero-order valence-electron chi connectivity index (χ0n) is 32.1. The first-order valence-corrected chi connectivity index (χ1v) is 20.9. The van der Waals surface area contributed by atoms with Gasteiger partial charge in [-0.15, -0.1) is 0 Å². The van der Waals surface area contributed by atoms with E-state index in [2.05, 4.69) is 56.1 Å². The number of amides is 1. The van der Waals surface area contributed by atoms with E-state index in [-0.39, 0.29) is 29.1 Å². The first kappa shape index (κ1) is 37.1. The van der Waals surface area contributed by atoms with Crippen LogP contribution < -0.4 is 5.32 Å². The normalized spacial score (nSPS) is 37.4. The molecule has 1 spiro atoms. The predicted molar refractivity (Wildman–Crippen MR) is 204 cm³/mol. The number of aliphatic hydroxyl groups excluding tert-OH is 1. The predicted octanol–water partition coefficient (Wildman–Crippen LogP) is 8.37. The number of rotatable bonds is 13. The molecule has 10 atom stereocenters. The molecule has 0 radical (unpaired) electrons. The molecule has 280 valence electrons. The third-order valence-electron chi connectivity index (χ3n) is 14.9. The SMILES string of the molecule is CC1=C2C[C@H]3[C@@H](CC=C4C[C@@H](O)CC[C@@]43C)[C@@H]2CC[C@]12O[C@@H]1C[C@H](C)CN(CCCC(=O)CCCCCNC(=O)CCc3ccccc3)[C@H]1[C@H]2C. The minimum atomic E-state index is -0.152. The second kappa shape index (κ2) is 15.6. The molecule has 0 unspecified atom stereocenters. The van der Waals surface area contributed by atoms with Crippen LogP contribution in [0.15, 0.2) is 53.1 Å². The van der Waals surface area contributed by atoms with Gasteiger partial charge >= 0.3 is 0 Å². The van der Waals surface area contributed by atoms with E-state index in [4.69, 9.17) is 4.74 Å². The van der Waals surface area contributed by atoms with E-state index in [1.54, 1.807) is 16.7 Å². The van der Waals surface area contributed by atoms with Crippen LogP contribution >= 0.6 is 0 Å². The van der Waals surface area contributed by atoms with Crippen molar-refractivity contribution in [2.45, 2.75) is 154 Å². The molecule has 1 amide bonds. The average Bonchev–Trinajstić information content (AvgIpc) is 3.64. The van der Waals surface area contributed by atoms with Crippen molar-refractivity contribution >= 4 is 11.7 Å². The number of allylic oxidation sites excluding steroid dienone is 2. The molecule has 0 bridgehead atoms. The fraction of sp³-hybridized carbons (Fsp3) is 0.733. The number of fused-ring (bicyclic) bond motifs is 6. The second-order valence-electron chi connectivity index (χ2n) is 18.0. The van der Waals surface area contributed by atoms with Crippen molar-refractivity contribution in [3.05, 3.63) is 58.7 Å². The van der Waals surface area contributed by atoms with Crippen molar-refractivity contribution in [3.8, 4) is 0 Å². The number of nitrogens with zero attached hydrogens (tertiary/aromatic N) is 1. The highest BCUT2D eigenvalue weighted by Crippen LogP contribution is 2.65. The molecular weight excluding hydrogens is 633 g/mol. The molecule has 1 aromatic carbocycles. The fourth-order valence-corrected chi connectivity index (χ4v) is 12.2. The number of likely N-dealkylation sites (tertiary alicyclic amines) is 1. The zero-order valence-corrected chi connectivity index (χ0v) is 32.1. The number of benzene rings is 1. The topological polar surface area (TPSA) is 78.9 Å². The van der Waals surface area contributed by atoms with Crippen molar-refractivity contribution in [2.24, 2.45) is 35.0 Å². The summed E-state index contributed by atoms with van der Waals surface area (Å²) in [5, 5.41) is 13.5. The third-order valence-corrected chi connectivity index (χ3v) is 14.9. The Labute approximate surface area is 308 Å². The van der Waals surface area contributed by atoms with Crippen LogP contribution in [-0.2, 0) is 20.7 Å². The number of hydrogen-bond acceptors (Lipinski definition) is 5. The summed E-state index contributed by atoms with van der Waals surface area (Å²) in [6.07, 6.45) is 17.9. The van der Waals surface area contributed by atoms with Gasteiger partial charge in [0, 0.05) is 44.3 Å². The molecule has 4 aliphatic carbocycles. The van der Waals surface area contributed by atoms with Crippen LogP contribution in [0.1, 0.15) is 130 Å².